The lowest BCUT2D eigenvalue weighted by Crippen LogP contribution is -1.88. The molecule has 1 N–H and O–H groups in total. The highest BCUT2D eigenvalue weighted by molar-refractivity contribution is 7.50. The summed E-state index contributed by atoms with van der Waals surface area (Å²) in [6.45, 7) is 0. The Kier molecular flexibility index (Phi) is 2.99. The minimum absolute atomic E-state index is 0.729. The van der Waals surface area contributed by atoms with Crippen LogP contribution in [0.15, 0.2) is 72.8 Å². The van der Waals surface area contributed by atoms with Crippen LogP contribution in [0, 0.1) is 0 Å². The molecule has 0 saturated carbocycles. The number of benzene rings is 4. The Morgan fingerprint density at radius 2 is 1.04 bits per heavy atom. The van der Waals surface area contributed by atoms with E-state index in [2.05, 4.69) is 24.3 Å². The fourth-order valence-corrected chi connectivity index (χ4v) is 4.19. The Morgan fingerprint density at radius 3 is 1.54 bits per heavy atom. The minimum Gasteiger partial charge on any atom is -0.439 e. The van der Waals surface area contributed by atoms with Crippen molar-refractivity contribution in [2.45, 2.75) is 0 Å². The maximum absolute atomic E-state index is 8.15. The minimum atomic E-state index is -2.14. The molecule has 5 rings (SSSR count). The highest BCUT2D eigenvalue weighted by Gasteiger charge is 2.26. The number of fused-ring (bicyclic) bond motifs is 7. The zero-order chi connectivity index (χ0) is 16.1. The Hall–Kier alpha value is -2.61. The van der Waals surface area contributed by atoms with E-state index in [-0.39, 0.29) is 0 Å². The standard InChI is InChI=1S/C20H14NO2P/c21-24-22-17-11-9-13-5-1-3-7-15(13)19(17)20-16-8-4-2-6-14(16)10-12-18(20)23-24/h1-12,21,24H. The molecule has 24 heavy (non-hydrogen) atoms. The summed E-state index contributed by atoms with van der Waals surface area (Å²) in [6.07, 6.45) is 0. The van der Waals surface area contributed by atoms with Gasteiger partial charge in [0.05, 0.1) is 0 Å². The van der Waals surface area contributed by atoms with Crippen LogP contribution in [0.4, 0.5) is 0 Å². The second-order valence-electron chi connectivity index (χ2n) is 5.81. The Balaban J connectivity index is 2.00. The Labute approximate surface area is 140 Å². The summed E-state index contributed by atoms with van der Waals surface area (Å²) in [4.78, 5) is 0. The molecule has 0 radical (unpaired) electrons. The van der Waals surface area contributed by atoms with Gasteiger partial charge < -0.3 is 14.6 Å². The molecule has 0 saturated heterocycles. The first-order chi connectivity index (χ1) is 11.8. The molecule has 0 unspecified atom stereocenters. The van der Waals surface area contributed by atoms with Crippen molar-refractivity contribution in [2.75, 3.05) is 0 Å². The predicted octanol–water partition coefficient (Wildman–Crippen LogP) is 6.44. The molecule has 0 fully saturated rings. The molecule has 0 atom stereocenters. The van der Waals surface area contributed by atoms with Crippen LogP contribution in [0.5, 0.6) is 11.5 Å². The van der Waals surface area contributed by atoms with E-state index in [0.717, 1.165) is 44.2 Å². The molecular formula is C20H14NO2P. The fourth-order valence-electron chi connectivity index (χ4n) is 3.41. The molecule has 0 bridgehead atoms. The van der Waals surface area contributed by atoms with E-state index in [1.165, 1.54) is 0 Å². The third-order valence-electron chi connectivity index (χ3n) is 4.44. The molecule has 3 nitrogen and oxygen atoms in total. The highest BCUT2D eigenvalue weighted by Crippen LogP contribution is 2.54. The van der Waals surface area contributed by atoms with Gasteiger partial charge in [-0.05, 0) is 33.7 Å². The first kappa shape index (κ1) is 13.8. The molecule has 1 aliphatic rings. The summed E-state index contributed by atoms with van der Waals surface area (Å²) in [5.74, 6) is 1.46. The smallest absolute Gasteiger partial charge is 0.284 e. The van der Waals surface area contributed by atoms with Gasteiger partial charge in [0, 0.05) is 11.1 Å². The van der Waals surface area contributed by atoms with Crippen molar-refractivity contribution in [3.63, 3.8) is 0 Å². The first-order valence-electron chi connectivity index (χ1n) is 7.79. The van der Waals surface area contributed by atoms with E-state index in [1.54, 1.807) is 0 Å². The molecule has 4 aromatic rings. The lowest BCUT2D eigenvalue weighted by atomic mass is 9.92. The van der Waals surface area contributed by atoms with Crippen molar-refractivity contribution in [1.29, 1.82) is 0 Å². The second kappa shape index (κ2) is 5.20. The zero-order valence-electron chi connectivity index (χ0n) is 12.7. The lowest BCUT2D eigenvalue weighted by molar-refractivity contribution is 0.511. The van der Waals surface area contributed by atoms with Gasteiger partial charge >= 0.3 is 0 Å². The highest BCUT2D eigenvalue weighted by atomic mass is 31.2. The summed E-state index contributed by atoms with van der Waals surface area (Å²) in [6, 6.07) is 24.5. The Bertz CT molecular complexity index is 1010. The molecule has 4 aromatic carbocycles. The molecular weight excluding hydrogens is 317 g/mol. The van der Waals surface area contributed by atoms with Gasteiger partial charge in [-0.2, -0.15) is 0 Å². The van der Waals surface area contributed by atoms with Crippen molar-refractivity contribution in [3.8, 4) is 22.6 Å². The molecule has 1 heterocycles. The SMILES string of the molecule is [NH-][PH+]1Oc2ccc3ccccc3c2-c2c(ccc3ccccc23)O1. The third-order valence-corrected chi connectivity index (χ3v) is 5.25. The number of nitrogens with one attached hydrogen (secondary N) is 1. The van der Waals surface area contributed by atoms with Crippen molar-refractivity contribution in [3.05, 3.63) is 78.3 Å². The van der Waals surface area contributed by atoms with Gasteiger partial charge in [-0.1, -0.05) is 60.7 Å². The zero-order valence-corrected chi connectivity index (χ0v) is 13.7. The van der Waals surface area contributed by atoms with Crippen LogP contribution >= 0.6 is 8.53 Å². The maximum atomic E-state index is 8.15. The van der Waals surface area contributed by atoms with Gasteiger partial charge in [-0.3, -0.25) is 0 Å². The quantitative estimate of drug-likeness (QED) is 0.348. The van der Waals surface area contributed by atoms with Crippen LogP contribution in [-0.2, 0) is 0 Å². The van der Waals surface area contributed by atoms with E-state index in [9.17, 15) is 0 Å². The van der Waals surface area contributed by atoms with E-state index in [4.69, 9.17) is 14.6 Å². The van der Waals surface area contributed by atoms with Gasteiger partial charge in [0.15, 0.2) is 11.5 Å². The van der Waals surface area contributed by atoms with Gasteiger partial charge in [-0.25, -0.2) is 0 Å². The van der Waals surface area contributed by atoms with E-state index < -0.39 is 8.53 Å². The Morgan fingerprint density at radius 1 is 0.583 bits per heavy atom. The maximum Gasteiger partial charge on any atom is 0.284 e. The van der Waals surface area contributed by atoms with Gasteiger partial charge in [0.1, 0.15) is 0 Å². The van der Waals surface area contributed by atoms with E-state index in [0.29, 0.717) is 0 Å². The van der Waals surface area contributed by atoms with Crippen molar-refractivity contribution in [2.24, 2.45) is 0 Å². The summed E-state index contributed by atoms with van der Waals surface area (Å²) < 4.78 is 11.7. The molecule has 1 aliphatic heterocycles. The van der Waals surface area contributed by atoms with E-state index in [1.807, 2.05) is 48.5 Å². The van der Waals surface area contributed by atoms with Crippen LogP contribution in [0.25, 0.3) is 38.2 Å². The topological polar surface area (TPSA) is 42.3 Å². The average molecular weight is 331 g/mol. The van der Waals surface area contributed by atoms with Crippen molar-refractivity contribution >= 4 is 30.1 Å². The molecule has 0 amide bonds. The predicted molar refractivity (Wildman–Crippen MR) is 101 cm³/mol. The van der Waals surface area contributed by atoms with Crippen molar-refractivity contribution in [1.82, 2.24) is 0 Å². The van der Waals surface area contributed by atoms with Crippen LogP contribution in [0.3, 0.4) is 0 Å². The number of hydrogen-bond acceptors (Lipinski definition) is 2. The third kappa shape index (κ3) is 1.99. The number of hydrogen-bond donors (Lipinski definition) is 0. The molecule has 0 aliphatic carbocycles. The second-order valence-corrected chi connectivity index (χ2v) is 6.79. The summed E-state index contributed by atoms with van der Waals surface area (Å²) >= 11 is 0. The molecule has 116 valence electrons. The first-order valence-corrected chi connectivity index (χ1v) is 9.11. The fraction of sp³-hybridized carbons (Fsp3) is 0. The summed E-state index contributed by atoms with van der Waals surface area (Å²) in [7, 11) is -2.14. The average Bonchev–Trinajstić information content (AvgIpc) is 2.77. The van der Waals surface area contributed by atoms with Crippen LogP contribution in [0.2, 0.25) is 0 Å². The summed E-state index contributed by atoms with van der Waals surface area (Å²) in [5, 5.41) is 4.54. The lowest BCUT2D eigenvalue weighted by Gasteiger charge is -2.12. The molecule has 4 heteroatoms. The van der Waals surface area contributed by atoms with Crippen LogP contribution < -0.4 is 9.05 Å². The normalized spacial score (nSPS) is 13.7. The largest absolute Gasteiger partial charge is 0.439 e. The van der Waals surface area contributed by atoms with Gasteiger partial charge in [0.25, 0.3) is 8.53 Å². The number of rotatable bonds is 0. The van der Waals surface area contributed by atoms with E-state index >= 15 is 0 Å². The van der Waals surface area contributed by atoms with Crippen molar-refractivity contribution < 1.29 is 9.05 Å². The van der Waals surface area contributed by atoms with Crippen LogP contribution in [0.1, 0.15) is 0 Å². The molecule has 0 aromatic heterocycles. The summed E-state index contributed by atoms with van der Waals surface area (Å²) in [5.41, 5.74) is 10.2. The molecule has 0 spiro atoms. The van der Waals surface area contributed by atoms with Crippen LogP contribution in [-0.4, -0.2) is 0 Å². The van der Waals surface area contributed by atoms with Gasteiger partial charge in [-0.15, -0.1) is 0 Å². The monoisotopic (exact) mass is 331 g/mol. The van der Waals surface area contributed by atoms with Gasteiger partial charge in [0.2, 0.25) is 0 Å².